The zero-order chi connectivity index (χ0) is 13.3. The third kappa shape index (κ3) is 2.38. The monoisotopic (exact) mass is 256 g/mol. The smallest absolute Gasteiger partial charge is 0.178 e. The molecular formula is C12H18F2N4. The Hall–Kier alpha value is -1.43. The molecule has 0 amide bonds. The Bertz CT molecular complexity index is 436. The van der Waals surface area contributed by atoms with Gasteiger partial charge in [-0.1, -0.05) is 13.8 Å². The van der Waals surface area contributed by atoms with Crippen molar-refractivity contribution in [2.45, 2.75) is 20.3 Å². The minimum absolute atomic E-state index is 0.126. The largest absolute Gasteiger partial charge is 0.354 e. The Morgan fingerprint density at radius 1 is 1.44 bits per heavy atom. The van der Waals surface area contributed by atoms with E-state index in [1.165, 1.54) is 0 Å². The molecule has 0 spiro atoms. The Labute approximate surface area is 105 Å². The molecule has 0 bridgehead atoms. The van der Waals surface area contributed by atoms with Gasteiger partial charge in [-0.25, -0.2) is 19.6 Å². The van der Waals surface area contributed by atoms with Gasteiger partial charge in [0.2, 0.25) is 0 Å². The lowest BCUT2D eigenvalue weighted by Gasteiger charge is -2.20. The van der Waals surface area contributed by atoms with Crippen molar-refractivity contribution in [1.29, 1.82) is 0 Å². The number of rotatable bonds is 3. The van der Waals surface area contributed by atoms with E-state index < -0.39 is 11.6 Å². The molecule has 18 heavy (non-hydrogen) atoms. The summed E-state index contributed by atoms with van der Waals surface area (Å²) in [5, 5.41) is 0. The number of hydrazine groups is 1. The van der Waals surface area contributed by atoms with E-state index in [1.807, 2.05) is 4.90 Å². The number of nitrogen functional groups attached to an aromatic ring is 1. The van der Waals surface area contributed by atoms with Crippen LogP contribution >= 0.6 is 0 Å². The van der Waals surface area contributed by atoms with E-state index >= 15 is 0 Å². The van der Waals surface area contributed by atoms with Crippen molar-refractivity contribution in [1.82, 2.24) is 4.98 Å². The fourth-order valence-electron chi connectivity index (χ4n) is 2.30. The highest BCUT2D eigenvalue weighted by Gasteiger charge is 2.28. The second kappa shape index (κ2) is 5.06. The van der Waals surface area contributed by atoms with E-state index in [2.05, 4.69) is 24.3 Å². The molecule has 1 saturated heterocycles. The maximum absolute atomic E-state index is 13.7. The Balaban J connectivity index is 2.24. The molecule has 1 aromatic heterocycles. The van der Waals surface area contributed by atoms with Crippen LogP contribution in [0.25, 0.3) is 0 Å². The topological polar surface area (TPSA) is 54.2 Å². The molecule has 0 radical (unpaired) electrons. The lowest BCUT2D eigenvalue weighted by molar-refractivity contribution is 0.422. The van der Waals surface area contributed by atoms with Crippen LogP contribution in [0.1, 0.15) is 20.3 Å². The summed E-state index contributed by atoms with van der Waals surface area (Å²) >= 11 is 0. The molecule has 100 valence electrons. The molecule has 2 rings (SSSR count). The molecule has 3 N–H and O–H groups in total. The van der Waals surface area contributed by atoms with Crippen molar-refractivity contribution < 1.29 is 8.78 Å². The van der Waals surface area contributed by atoms with Gasteiger partial charge in [-0.3, -0.25) is 0 Å². The number of hydrogen-bond acceptors (Lipinski definition) is 4. The van der Waals surface area contributed by atoms with E-state index in [4.69, 9.17) is 5.84 Å². The van der Waals surface area contributed by atoms with Gasteiger partial charge in [-0.2, -0.15) is 0 Å². The van der Waals surface area contributed by atoms with Gasteiger partial charge in [0.1, 0.15) is 0 Å². The Morgan fingerprint density at radius 3 is 2.72 bits per heavy atom. The van der Waals surface area contributed by atoms with Crippen LogP contribution in [0.3, 0.4) is 0 Å². The average molecular weight is 256 g/mol. The average Bonchev–Trinajstić information content (AvgIpc) is 2.78. The molecule has 4 nitrogen and oxygen atoms in total. The van der Waals surface area contributed by atoms with Crippen LogP contribution in [0.4, 0.5) is 20.4 Å². The number of halogens is 2. The molecule has 0 aromatic carbocycles. The highest BCUT2D eigenvalue weighted by atomic mass is 19.1. The third-order valence-corrected chi connectivity index (χ3v) is 3.51. The van der Waals surface area contributed by atoms with E-state index in [9.17, 15) is 8.78 Å². The second-order valence-corrected chi connectivity index (χ2v) is 5.01. The van der Waals surface area contributed by atoms with Crippen molar-refractivity contribution in [3.05, 3.63) is 17.7 Å². The zero-order valence-corrected chi connectivity index (χ0v) is 10.6. The van der Waals surface area contributed by atoms with Crippen molar-refractivity contribution in [3.63, 3.8) is 0 Å². The van der Waals surface area contributed by atoms with Crippen LogP contribution in [0.5, 0.6) is 0 Å². The fourth-order valence-corrected chi connectivity index (χ4v) is 2.30. The van der Waals surface area contributed by atoms with Crippen LogP contribution in [0, 0.1) is 23.5 Å². The number of nitrogens with zero attached hydrogens (tertiary/aromatic N) is 2. The minimum atomic E-state index is -0.779. The number of nitrogens with one attached hydrogen (secondary N) is 1. The predicted molar refractivity (Wildman–Crippen MR) is 67.1 cm³/mol. The van der Waals surface area contributed by atoms with Crippen molar-refractivity contribution in [2.24, 2.45) is 17.7 Å². The summed E-state index contributed by atoms with van der Waals surface area (Å²) < 4.78 is 27.0. The summed E-state index contributed by atoms with van der Waals surface area (Å²) in [7, 11) is 0. The first kappa shape index (κ1) is 13.0. The van der Waals surface area contributed by atoms with Crippen molar-refractivity contribution in [3.8, 4) is 0 Å². The Morgan fingerprint density at radius 2 is 2.17 bits per heavy atom. The van der Waals surface area contributed by atoms with Gasteiger partial charge >= 0.3 is 0 Å². The summed E-state index contributed by atoms with van der Waals surface area (Å²) in [6.45, 7) is 5.78. The van der Waals surface area contributed by atoms with Gasteiger partial charge in [-0.05, 0) is 18.3 Å². The quantitative estimate of drug-likeness (QED) is 0.642. The van der Waals surface area contributed by atoms with Crippen LogP contribution in [-0.2, 0) is 0 Å². The molecule has 1 atom stereocenters. The van der Waals surface area contributed by atoms with Crippen LogP contribution in [0.2, 0.25) is 0 Å². The lowest BCUT2D eigenvalue weighted by Crippen LogP contribution is -2.24. The zero-order valence-electron chi connectivity index (χ0n) is 10.6. The summed E-state index contributed by atoms with van der Waals surface area (Å²) in [5.74, 6) is 4.84. The van der Waals surface area contributed by atoms with Gasteiger partial charge in [-0.15, -0.1) is 0 Å². The molecule has 1 aliphatic heterocycles. The summed E-state index contributed by atoms with van der Waals surface area (Å²) in [6, 6.07) is 0.820. The first-order valence-electron chi connectivity index (χ1n) is 6.10. The standard InChI is InChI=1S/C12H18F2N4/c1-7(2)8-3-4-18(6-8)12-10(14)5-9(13)11(16-12)17-15/h5,7-8H,3-4,6,15H2,1-2H3,(H,16,17). The van der Waals surface area contributed by atoms with Crippen LogP contribution in [-0.4, -0.2) is 18.1 Å². The molecule has 0 saturated carbocycles. The summed E-state index contributed by atoms with van der Waals surface area (Å²) in [6.07, 6.45) is 1.00. The van der Waals surface area contributed by atoms with Crippen LogP contribution < -0.4 is 16.2 Å². The molecule has 0 aliphatic carbocycles. The highest BCUT2D eigenvalue weighted by molar-refractivity contribution is 5.49. The van der Waals surface area contributed by atoms with Gasteiger partial charge < -0.3 is 10.3 Å². The molecule has 1 fully saturated rings. The van der Waals surface area contributed by atoms with Gasteiger partial charge in [0.25, 0.3) is 0 Å². The first-order chi connectivity index (χ1) is 8.52. The van der Waals surface area contributed by atoms with E-state index in [-0.39, 0.29) is 11.6 Å². The molecule has 6 heteroatoms. The molecule has 1 unspecified atom stereocenters. The summed E-state index contributed by atoms with van der Waals surface area (Å²) in [4.78, 5) is 5.75. The molecule has 1 aliphatic rings. The number of pyridine rings is 1. The summed E-state index contributed by atoms with van der Waals surface area (Å²) in [5.41, 5.74) is 2.14. The van der Waals surface area contributed by atoms with Crippen LogP contribution in [0.15, 0.2) is 6.07 Å². The molecule has 1 aromatic rings. The molecule has 2 heterocycles. The SMILES string of the molecule is CC(C)C1CCN(c2nc(NN)c(F)cc2F)C1. The maximum atomic E-state index is 13.7. The third-order valence-electron chi connectivity index (χ3n) is 3.51. The van der Waals surface area contributed by atoms with E-state index in [0.29, 0.717) is 11.8 Å². The van der Waals surface area contributed by atoms with Gasteiger partial charge in [0.15, 0.2) is 23.3 Å². The maximum Gasteiger partial charge on any atom is 0.178 e. The normalized spacial score (nSPS) is 19.7. The first-order valence-corrected chi connectivity index (χ1v) is 6.10. The fraction of sp³-hybridized carbons (Fsp3) is 0.583. The predicted octanol–water partition coefficient (Wildman–Crippen LogP) is 2.13. The number of anilines is 2. The highest BCUT2D eigenvalue weighted by Crippen LogP contribution is 2.30. The number of nitrogens with two attached hydrogens (primary N) is 1. The van der Waals surface area contributed by atoms with E-state index in [1.54, 1.807) is 0 Å². The Kier molecular flexibility index (Phi) is 3.65. The van der Waals surface area contributed by atoms with Gasteiger partial charge in [0, 0.05) is 19.2 Å². The minimum Gasteiger partial charge on any atom is -0.354 e. The van der Waals surface area contributed by atoms with Crippen molar-refractivity contribution >= 4 is 11.6 Å². The molecular weight excluding hydrogens is 238 g/mol. The number of aromatic nitrogens is 1. The van der Waals surface area contributed by atoms with E-state index in [0.717, 1.165) is 25.6 Å². The number of hydrogen-bond donors (Lipinski definition) is 2. The second-order valence-electron chi connectivity index (χ2n) is 5.01. The van der Waals surface area contributed by atoms with Gasteiger partial charge in [0.05, 0.1) is 0 Å². The van der Waals surface area contributed by atoms with Crippen molar-refractivity contribution in [2.75, 3.05) is 23.4 Å². The lowest BCUT2D eigenvalue weighted by atomic mass is 9.95.